The molecule has 0 bridgehead atoms. The summed E-state index contributed by atoms with van der Waals surface area (Å²) in [4.78, 5) is 40.2. The topological polar surface area (TPSA) is 123 Å². The van der Waals surface area contributed by atoms with Gasteiger partial charge in [0.1, 0.15) is 11.4 Å². The largest absolute Gasteiger partial charge is 0.477 e. The van der Waals surface area contributed by atoms with Gasteiger partial charge in [0.2, 0.25) is 5.91 Å². The average molecular weight is 395 g/mol. The number of aliphatic hydroxyl groups excluding tert-OH is 1. The Labute approximate surface area is 166 Å². The van der Waals surface area contributed by atoms with Crippen molar-refractivity contribution in [1.82, 2.24) is 15.2 Å². The molecule has 0 radical (unpaired) electrons. The molecule has 29 heavy (non-hydrogen) atoms. The number of rotatable bonds is 6. The van der Waals surface area contributed by atoms with Crippen LogP contribution in [0.1, 0.15) is 35.0 Å². The summed E-state index contributed by atoms with van der Waals surface area (Å²) < 4.78 is 0. The van der Waals surface area contributed by atoms with Gasteiger partial charge in [0.15, 0.2) is 0 Å². The fraction of sp³-hybridized carbons (Fsp3) is 0.286. The maximum absolute atomic E-state index is 12.3. The molecule has 4 N–H and O–H groups in total. The van der Waals surface area contributed by atoms with E-state index in [9.17, 15) is 24.6 Å². The summed E-state index contributed by atoms with van der Waals surface area (Å²) in [6.07, 6.45) is 1.25. The first-order chi connectivity index (χ1) is 13.9. The lowest BCUT2D eigenvalue weighted by Crippen LogP contribution is -2.61. The van der Waals surface area contributed by atoms with Crippen LogP contribution in [0.5, 0.6) is 0 Å². The van der Waals surface area contributed by atoms with Gasteiger partial charge in [-0.15, -0.1) is 0 Å². The maximum atomic E-state index is 12.3. The maximum Gasteiger partial charge on any atom is 0.352 e. The molecule has 150 valence electrons. The second kappa shape index (κ2) is 7.21. The zero-order chi connectivity index (χ0) is 20.7. The molecule has 2 aliphatic rings. The Morgan fingerprint density at radius 2 is 2.00 bits per heavy atom. The number of fused-ring (bicyclic) bond motifs is 1. The van der Waals surface area contributed by atoms with Crippen LogP contribution in [0.3, 0.4) is 0 Å². The molecule has 2 aliphatic heterocycles. The highest BCUT2D eigenvalue weighted by atomic mass is 16.4. The van der Waals surface area contributed by atoms with Crippen LogP contribution >= 0.6 is 0 Å². The van der Waals surface area contributed by atoms with Gasteiger partial charge in [-0.1, -0.05) is 24.3 Å². The van der Waals surface area contributed by atoms with Crippen LogP contribution in [-0.2, 0) is 16.1 Å². The average Bonchev–Trinajstić information content (AvgIpc) is 3.32. The molecule has 1 aromatic heterocycles. The zero-order valence-corrected chi connectivity index (χ0v) is 15.8. The molecule has 1 fully saturated rings. The van der Waals surface area contributed by atoms with Crippen LogP contribution in [0.4, 0.5) is 0 Å². The second-order valence-corrected chi connectivity index (χ2v) is 7.34. The van der Waals surface area contributed by atoms with Crippen LogP contribution in [0.25, 0.3) is 5.57 Å². The van der Waals surface area contributed by atoms with Crippen molar-refractivity contribution in [3.63, 3.8) is 0 Å². The number of nitrogens with zero attached hydrogens (tertiary/aromatic N) is 1. The Hall–Kier alpha value is -3.39. The Kier molecular flexibility index (Phi) is 4.71. The van der Waals surface area contributed by atoms with Gasteiger partial charge < -0.3 is 25.4 Å². The Balaban J connectivity index is 1.50. The fourth-order valence-corrected chi connectivity index (χ4v) is 4.10. The first-order valence-electron chi connectivity index (χ1n) is 9.37. The van der Waals surface area contributed by atoms with E-state index in [0.717, 1.165) is 5.56 Å². The standard InChI is InChI=1S/C21H21N3O5/c1-11(25)17-16-9-14(18(21(28)29)24(16)20(17)27)13-6-4-12(5-7-13)10-23-19(26)15-3-2-8-22-15/h2-8,11,16-17,22,25H,9-10H2,1H3,(H,23,26)(H,28,29)/t11-,16-,17-/m1/s1. The van der Waals surface area contributed by atoms with E-state index in [1.807, 2.05) is 12.1 Å². The summed E-state index contributed by atoms with van der Waals surface area (Å²) in [5.41, 5.74) is 2.63. The minimum Gasteiger partial charge on any atom is -0.477 e. The minimum atomic E-state index is -1.15. The SMILES string of the molecule is C[C@@H](O)[C@H]1C(=O)N2C(C(=O)O)=C(c3ccc(CNC(=O)c4ccc[nH]4)cc3)C[C@H]12. The van der Waals surface area contributed by atoms with E-state index in [4.69, 9.17) is 0 Å². The number of hydrogen-bond donors (Lipinski definition) is 4. The van der Waals surface area contributed by atoms with E-state index in [2.05, 4.69) is 10.3 Å². The van der Waals surface area contributed by atoms with Crippen molar-refractivity contribution in [3.8, 4) is 0 Å². The number of aliphatic carboxylic acids is 1. The quantitative estimate of drug-likeness (QED) is 0.550. The van der Waals surface area contributed by atoms with E-state index in [1.165, 1.54) is 4.90 Å². The molecule has 3 heterocycles. The lowest BCUT2D eigenvalue weighted by atomic mass is 9.82. The molecule has 2 aromatic rings. The van der Waals surface area contributed by atoms with E-state index < -0.39 is 18.0 Å². The van der Waals surface area contributed by atoms with Crippen LogP contribution in [0, 0.1) is 5.92 Å². The highest BCUT2D eigenvalue weighted by molar-refractivity contribution is 6.06. The molecular formula is C21H21N3O5. The van der Waals surface area contributed by atoms with E-state index in [-0.39, 0.29) is 23.6 Å². The molecule has 1 aromatic carbocycles. The smallest absolute Gasteiger partial charge is 0.352 e. The number of aromatic nitrogens is 1. The number of carboxylic acids is 1. The molecule has 0 unspecified atom stereocenters. The fourth-order valence-electron chi connectivity index (χ4n) is 4.10. The van der Waals surface area contributed by atoms with Gasteiger partial charge in [-0.25, -0.2) is 4.79 Å². The lowest BCUT2D eigenvalue weighted by molar-refractivity contribution is -0.161. The van der Waals surface area contributed by atoms with Crippen molar-refractivity contribution < 1.29 is 24.6 Å². The van der Waals surface area contributed by atoms with Crippen LogP contribution in [-0.4, -0.2) is 50.0 Å². The van der Waals surface area contributed by atoms with Crippen molar-refractivity contribution >= 4 is 23.4 Å². The predicted molar refractivity (Wildman–Crippen MR) is 103 cm³/mol. The Bertz CT molecular complexity index is 992. The molecule has 0 aliphatic carbocycles. The Morgan fingerprint density at radius 1 is 1.28 bits per heavy atom. The number of carbonyl (C=O) groups excluding carboxylic acids is 2. The summed E-state index contributed by atoms with van der Waals surface area (Å²) in [5.74, 6) is -2.27. The summed E-state index contributed by atoms with van der Waals surface area (Å²) in [6, 6.07) is 10.3. The number of amides is 2. The first-order valence-corrected chi connectivity index (χ1v) is 9.37. The van der Waals surface area contributed by atoms with Crippen LogP contribution < -0.4 is 5.32 Å². The summed E-state index contributed by atoms with van der Waals surface area (Å²) in [5, 5.41) is 22.3. The van der Waals surface area contributed by atoms with Crippen LogP contribution in [0.2, 0.25) is 0 Å². The lowest BCUT2D eigenvalue weighted by Gasteiger charge is -2.44. The molecule has 3 atom stereocenters. The summed E-state index contributed by atoms with van der Waals surface area (Å²) >= 11 is 0. The highest BCUT2D eigenvalue weighted by Gasteiger charge is 2.56. The van der Waals surface area contributed by atoms with Gasteiger partial charge >= 0.3 is 5.97 Å². The third-order valence-corrected chi connectivity index (χ3v) is 5.53. The minimum absolute atomic E-state index is 0.00954. The summed E-state index contributed by atoms with van der Waals surface area (Å²) in [6.45, 7) is 1.88. The first kappa shape index (κ1) is 18.9. The van der Waals surface area contributed by atoms with E-state index in [0.29, 0.717) is 29.8 Å². The molecule has 2 amide bonds. The van der Waals surface area contributed by atoms with Crippen molar-refractivity contribution in [2.75, 3.05) is 0 Å². The third kappa shape index (κ3) is 3.21. The van der Waals surface area contributed by atoms with Gasteiger partial charge in [0, 0.05) is 12.7 Å². The normalized spacial score (nSPS) is 21.6. The number of carbonyl (C=O) groups is 3. The molecule has 0 saturated carbocycles. The molecular weight excluding hydrogens is 374 g/mol. The number of carboxylic acid groups (broad SMARTS) is 1. The molecule has 8 nitrogen and oxygen atoms in total. The number of benzene rings is 1. The summed E-state index contributed by atoms with van der Waals surface area (Å²) in [7, 11) is 0. The predicted octanol–water partition coefficient (Wildman–Crippen LogP) is 1.35. The monoisotopic (exact) mass is 395 g/mol. The van der Waals surface area contributed by atoms with Crippen molar-refractivity contribution in [3.05, 3.63) is 65.1 Å². The van der Waals surface area contributed by atoms with Crippen molar-refractivity contribution in [2.45, 2.75) is 32.0 Å². The molecule has 1 saturated heterocycles. The zero-order valence-electron chi connectivity index (χ0n) is 15.8. The number of nitrogens with one attached hydrogen (secondary N) is 2. The van der Waals surface area contributed by atoms with Gasteiger partial charge in [-0.3, -0.25) is 9.59 Å². The number of β-lactam (4-membered cyclic amide) rings is 1. The van der Waals surface area contributed by atoms with E-state index in [1.54, 1.807) is 37.4 Å². The number of aliphatic hydroxyl groups is 1. The molecule has 4 rings (SSSR count). The van der Waals surface area contributed by atoms with Crippen molar-refractivity contribution in [1.29, 1.82) is 0 Å². The highest BCUT2D eigenvalue weighted by Crippen LogP contribution is 2.46. The van der Waals surface area contributed by atoms with Gasteiger partial charge in [0.05, 0.1) is 18.1 Å². The van der Waals surface area contributed by atoms with Gasteiger partial charge in [0.25, 0.3) is 5.91 Å². The van der Waals surface area contributed by atoms with Crippen molar-refractivity contribution in [2.24, 2.45) is 5.92 Å². The van der Waals surface area contributed by atoms with Gasteiger partial charge in [-0.05, 0) is 42.2 Å². The molecule has 8 heteroatoms. The van der Waals surface area contributed by atoms with Crippen LogP contribution in [0.15, 0.2) is 48.3 Å². The molecule has 0 spiro atoms. The second-order valence-electron chi connectivity index (χ2n) is 7.34. The number of H-pyrrole nitrogens is 1. The number of aromatic amines is 1. The van der Waals surface area contributed by atoms with Gasteiger partial charge in [-0.2, -0.15) is 0 Å². The number of hydrogen-bond acceptors (Lipinski definition) is 4. The third-order valence-electron chi connectivity index (χ3n) is 5.53. The Morgan fingerprint density at radius 3 is 2.59 bits per heavy atom. The van der Waals surface area contributed by atoms with E-state index >= 15 is 0 Å².